The zero-order valence-corrected chi connectivity index (χ0v) is 11.7. The van der Waals surface area contributed by atoms with E-state index in [2.05, 4.69) is 39.8 Å². The largest absolute Gasteiger partial charge is 0.368 e. The highest BCUT2D eigenvalue weighted by molar-refractivity contribution is 5.90. The molecule has 0 bridgehead atoms. The van der Waals surface area contributed by atoms with Gasteiger partial charge in [0.1, 0.15) is 17.1 Å². The van der Waals surface area contributed by atoms with E-state index in [1.807, 2.05) is 0 Å². The fourth-order valence-electron chi connectivity index (χ4n) is 3.12. The van der Waals surface area contributed by atoms with Crippen LogP contribution in [0.4, 0.5) is 5.69 Å². The molecular formula is C15H17N5. The van der Waals surface area contributed by atoms with Crippen molar-refractivity contribution in [1.29, 1.82) is 5.26 Å². The van der Waals surface area contributed by atoms with E-state index in [1.54, 1.807) is 18.6 Å². The highest BCUT2D eigenvalue weighted by Crippen LogP contribution is 2.30. The molecule has 1 aliphatic rings. The highest BCUT2D eigenvalue weighted by atomic mass is 15.2. The van der Waals surface area contributed by atoms with Crippen molar-refractivity contribution in [3.8, 4) is 6.07 Å². The van der Waals surface area contributed by atoms with Gasteiger partial charge in [-0.1, -0.05) is 13.8 Å². The Kier molecular flexibility index (Phi) is 3.23. The van der Waals surface area contributed by atoms with E-state index in [0.29, 0.717) is 23.0 Å². The molecule has 2 atom stereocenters. The summed E-state index contributed by atoms with van der Waals surface area (Å²) in [5, 5.41) is 9.13. The lowest BCUT2D eigenvalue weighted by atomic mass is 9.91. The summed E-state index contributed by atoms with van der Waals surface area (Å²) in [7, 11) is 0. The van der Waals surface area contributed by atoms with Gasteiger partial charge in [0.15, 0.2) is 5.69 Å². The SMILES string of the molecule is C[C@@H]1C[C@H](C)CN(c2cnc(C#N)c3nccnc23)C1. The summed E-state index contributed by atoms with van der Waals surface area (Å²) in [4.78, 5) is 15.3. The van der Waals surface area contributed by atoms with Crippen LogP contribution in [0.1, 0.15) is 26.0 Å². The molecule has 3 heterocycles. The number of hydrogen-bond donors (Lipinski definition) is 0. The summed E-state index contributed by atoms with van der Waals surface area (Å²) >= 11 is 0. The second-order valence-corrected chi connectivity index (χ2v) is 5.71. The van der Waals surface area contributed by atoms with Crippen molar-refractivity contribution in [2.24, 2.45) is 11.8 Å². The van der Waals surface area contributed by atoms with Crippen molar-refractivity contribution in [2.45, 2.75) is 20.3 Å². The van der Waals surface area contributed by atoms with Crippen LogP contribution in [0, 0.1) is 23.2 Å². The minimum Gasteiger partial charge on any atom is -0.368 e. The van der Waals surface area contributed by atoms with Crippen molar-refractivity contribution in [3.05, 3.63) is 24.3 Å². The van der Waals surface area contributed by atoms with Gasteiger partial charge in [0.2, 0.25) is 0 Å². The molecule has 1 fully saturated rings. The summed E-state index contributed by atoms with van der Waals surface area (Å²) in [6.45, 7) is 6.55. The van der Waals surface area contributed by atoms with Gasteiger partial charge in [-0.25, -0.2) is 9.97 Å². The number of rotatable bonds is 1. The van der Waals surface area contributed by atoms with Crippen molar-refractivity contribution < 1.29 is 0 Å². The van der Waals surface area contributed by atoms with Crippen LogP contribution in [0.5, 0.6) is 0 Å². The number of hydrogen-bond acceptors (Lipinski definition) is 5. The Labute approximate surface area is 118 Å². The van der Waals surface area contributed by atoms with Crippen LogP contribution in [0.3, 0.4) is 0 Å². The summed E-state index contributed by atoms with van der Waals surface area (Å²) in [6, 6.07) is 2.09. The van der Waals surface area contributed by atoms with Crippen molar-refractivity contribution in [2.75, 3.05) is 18.0 Å². The molecule has 1 aliphatic heterocycles. The smallest absolute Gasteiger partial charge is 0.168 e. The average Bonchev–Trinajstić information content (AvgIpc) is 2.45. The van der Waals surface area contributed by atoms with Gasteiger partial charge in [-0.15, -0.1) is 0 Å². The third-order valence-corrected chi connectivity index (χ3v) is 3.80. The van der Waals surface area contributed by atoms with E-state index in [1.165, 1.54) is 6.42 Å². The number of pyridine rings is 1. The summed E-state index contributed by atoms with van der Waals surface area (Å²) in [6.07, 6.45) is 6.30. The van der Waals surface area contributed by atoms with Gasteiger partial charge >= 0.3 is 0 Å². The first-order valence-corrected chi connectivity index (χ1v) is 6.93. The molecule has 20 heavy (non-hydrogen) atoms. The number of anilines is 1. The molecule has 0 aromatic carbocycles. The second-order valence-electron chi connectivity index (χ2n) is 5.71. The van der Waals surface area contributed by atoms with E-state index < -0.39 is 0 Å². The molecule has 0 aliphatic carbocycles. The first kappa shape index (κ1) is 12.8. The zero-order valence-electron chi connectivity index (χ0n) is 11.7. The van der Waals surface area contributed by atoms with E-state index in [-0.39, 0.29) is 0 Å². The molecule has 0 N–H and O–H groups in total. The van der Waals surface area contributed by atoms with Crippen LogP contribution in [0.2, 0.25) is 0 Å². The van der Waals surface area contributed by atoms with Crippen LogP contribution >= 0.6 is 0 Å². The first-order chi connectivity index (χ1) is 9.69. The molecule has 2 aromatic heterocycles. The van der Waals surface area contributed by atoms with Gasteiger partial charge in [0.05, 0.1) is 11.9 Å². The van der Waals surface area contributed by atoms with E-state index >= 15 is 0 Å². The maximum atomic E-state index is 9.13. The molecular weight excluding hydrogens is 250 g/mol. The van der Waals surface area contributed by atoms with Crippen LogP contribution in [-0.4, -0.2) is 28.0 Å². The average molecular weight is 267 g/mol. The first-order valence-electron chi connectivity index (χ1n) is 6.93. The number of nitrogens with zero attached hydrogens (tertiary/aromatic N) is 5. The Morgan fingerprint density at radius 1 is 1.10 bits per heavy atom. The normalized spacial score (nSPS) is 22.8. The van der Waals surface area contributed by atoms with E-state index in [0.717, 1.165) is 24.3 Å². The van der Waals surface area contributed by atoms with Gasteiger partial charge in [-0.3, -0.25) is 4.98 Å². The topological polar surface area (TPSA) is 65.7 Å². The van der Waals surface area contributed by atoms with E-state index in [9.17, 15) is 0 Å². The molecule has 0 unspecified atom stereocenters. The summed E-state index contributed by atoms with van der Waals surface area (Å²) in [5.41, 5.74) is 2.71. The standard InChI is InChI=1S/C15H17N5/c1-10-5-11(2)9-20(8-10)13-7-19-12(6-16)14-15(13)18-4-3-17-14/h3-4,7,10-11H,5,8-9H2,1-2H3/t10-,11+. The van der Waals surface area contributed by atoms with Crippen molar-refractivity contribution >= 4 is 16.7 Å². The Balaban J connectivity index is 2.11. The zero-order chi connectivity index (χ0) is 14.1. The van der Waals surface area contributed by atoms with Gasteiger partial charge in [0, 0.05) is 25.5 Å². The predicted octanol–water partition coefficient (Wildman–Crippen LogP) is 2.38. The van der Waals surface area contributed by atoms with Crippen LogP contribution in [0.25, 0.3) is 11.0 Å². The Hall–Kier alpha value is -2.22. The van der Waals surface area contributed by atoms with E-state index in [4.69, 9.17) is 5.26 Å². The quantitative estimate of drug-likeness (QED) is 0.793. The van der Waals surface area contributed by atoms with Crippen LogP contribution < -0.4 is 4.90 Å². The Bertz CT molecular complexity index is 666. The number of fused-ring (bicyclic) bond motifs is 1. The molecule has 0 saturated carbocycles. The fraction of sp³-hybridized carbons (Fsp3) is 0.467. The molecule has 0 radical (unpaired) electrons. The Morgan fingerprint density at radius 2 is 1.75 bits per heavy atom. The van der Waals surface area contributed by atoms with Crippen molar-refractivity contribution in [1.82, 2.24) is 15.0 Å². The van der Waals surface area contributed by atoms with Gasteiger partial charge < -0.3 is 4.90 Å². The lowest BCUT2D eigenvalue weighted by Crippen LogP contribution is -2.39. The lowest BCUT2D eigenvalue weighted by Gasteiger charge is -2.36. The number of nitriles is 1. The number of aromatic nitrogens is 3. The molecule has 3 rings (SSSR count). The monoisotopic (exact) mass is 267 g/mol. The molecule has 5 nitrogen and oxygen atoms in total. The van der Waals surface area contributed by atoms with Gasteiger partial charge in [-0.05, 0) is 18.3 Å². The van der Waals surface area contributed by atoms with Gasteiger partial charge in [0.25, 0.3) is 0 Å². The molecule has 2 aromatic rings. The predicted molar refractivity (Wildman–Crippen MR) is 77.2 cm³/mol. The maximum absolute atomic E-state index is 9.13. The molecule has 5 heteroatoms. The van der Waals surface area contributed by atoms with Crippen molar-refractivity contribution in [3.63, 3.8) is 0 Å². The fourth-order valence-corrected chi connectivity index (χ4v) is 3.12. The molecule has 0 spiro atoms. The van der Waals surface area contributed by atoms with Gasteiger partial charge in [-0.2, -0.15) is 5.26 Å². The Morgan fingerprint density at radius 3 is 2.40 bits per heavy atom. The maximum Gasteiger partial charge on any atom is 0.168 e. The molecule has 0 amide bonds. The minimum atomic E-state index is 0.343. The lowest BCUT2D eigenvalue weighted by molar-refractivity contribution is 0.357. The third kappa shape index (κ3) is 2.18. The number of piperidine rings is 1. The molecule has 102 valence electrons. The highest BCUT2D eigenvalue weighted by Gasteiger charge is 2.24. The summed E-state index contributed by atoms with van der Waals surface area (Å²) in [5.74, 6) is 1.31. The summed E-state index contributed by atoms with van der Waals surface area (Å²) < 4.78 is 0. The van der Waals surface area contributed by atoms with Crippen LogP contribution in [-0.2, 0) is 0 Å². The second kappa shape index (κ2) is 5.04. The van der Waals surface area contributed by atoms with Crippen LogP contribution in [0.15, 0.2) is 18.6 Å². The third-order valence-electron chi connectivity index (χ3n) is 3.80. The molecule has 1 saturated heterocycles. The minimum absolute atomic E-state index is 0.343.